The highest BCUT2D eigenvalue weighted by Gasteiger charge is 2.14. The van der Waals surface area contributed by atoms with Gasteiger partial charge in [0.05, 0.1) is 12.2 Å². The number of nitrogens with zero attached hydrogens (tertiary/aromatic N) is 2. The van der Waals surface area contributed by atoms with Crippen LogP contribution in [0.25, 0.3) is 22.8 Å². The lowest BCUT2D eigenvalue weighted by Gasteiger charge is -2.05. The zero-order valence-electron chi connectivity index (χ0n) is 13.6. The van der Waals surface area contributed by atoms with Gasteiger partial charge in [-0.15, -0.1) is 0 Å². The molecule has 0 radical (unpaired) electrons. The van der Waals surface area contributed by atoms with E-state index >= 15 is 0 Å². The Morgan fingerprint density at radius 1 is 1.12 bits per heavy atom. The van der Waals surface area contributed by atoms with E-state index < -0.39 is 5.91 Å². The summed E-state index contributed by atoms with van der Waals surface area (Å²) in [4.78, 5) is 15.2. The molecule has 0 aliphatic heterocycles. The molecule has 0 spiro atoms. The van der Waals surface area contributed by atoms with E-state index in [0.29, 0.717) is 29.8 Å². The Labute approximate surface area is 144 Å². The second-order valence-electron chi connectivity index (χ2n) is 5.13. The van der Waals surface area contributed by atoms with Crippen LogP contribution in [-0.2, 0) is 4.79 Å². The van der Waals surface area contributed by atoms with Gasteiger partial charge in [-0.3, -0.25) is 4.79 Å². The van der Waals surface area contributed by atoms with E-state index in [9.17, 15) is 4.79 Å². The van der Waals surface area contributed by atoms with Crippen LogP contribution < -0.4 is 15.2 Å². The number of amides is 1. The summed E-state index contributed by atoms with van der Waals surface area (Å²) in [5, 5.41) is 4.01. The molecule has 1 amide bonds. The minimum Gasteiger partial charge on any atom is -0.493 e. The summed E-state index contributed by atoms with van der Waals surface area (Å²) >= 11 is 0. The number of hydrogen-bond donors (Lipinski definition) is 1. The van der Waals surface area contributed by atoms with Gasteiger partial charge in [0, 0.05) is 5.56 Å². The Kier molecular flexibility index (Phi) is 4.94. The van der Waals surface area contributed by atoms with E-state index in [4.69, 9.17) is 19.7 Å². The smallest absolute Gasteiger partial charge is 0.262 e. The summed E-state index contributed by atoms with van der Waals surface area (Å²) in [5.74, 6) is 1.53. The minimum absolute atomic E-state index is 0.167. The fourth-order valence-corrected chi connectivity index (χ4v) is 2.23. The number of hydrogen-bond acceptors (Lipinski definition) is 6. The third-order valence-electron chi connectivity index (χ3n) is 3.34. The summed E-state index contributed by atoms with van der Waals surface area (Å²) in [6.07, 6.45) is 0. The first-order valence-electron chi connectivity index (χ1n) is 7.75. The number of benzene rings is 2. The van der Waals surface area contributed by atoms with Crippen LogP contribution in [0.5, 0.6) is 11.5 Å². The fraction of sp³-hybridized carbons (Fsp3) is 0.167. The van der Waals surface area contributed by atoms with Gasteiger partial charge in [0.25, 0.3) is 11.8 Å². The van der Waals surface area contributed by atoms with Gasteiger partial charge in [-0.05, 0) is 43.3 Å². The summed E-state index contributed by atoms with van der Waals surface area (Å²) in [6, 6.07) is 14.5. The van der Waals surface area contributed by atoms with E-state index in [0.717, 1.165) is 11.1 Å². The molecule has 0 aliphatic rings. The number of rotatable bonds is 7. The maximum Gasteiger partial charge on any atom is 0.262 e. The summed E-state index contributed by atoms with van der Waals surface area (Å²) in [6.45, 7) is 2.29. The molecule has 0 atom stereocenters. The van der Waals surface area contributed by atoms with Gasteiger partial charge < -0.3 is 19.7 Å². The van der Waals surface area contributed by atoms with Crippen LogP contribution in [0.2, 0.25) is 0 Å². The lowest BCUT2D eigenvalue weighted by atomic mass is 10.2. The van der Waals surface area contributed by atoms with Crippen molar-refractivity contribution in [1.29, 1.82) is 0 Å². The highest BCUT2D eigenvalue weighted by molar-refractivity contribution is 5.75. The van der Waals surface area contributed by atoms with Crippen LogP contribution in [0.4, 0.5) is 0 Å². The van der Waals surface area contributed by atoms with Crippen LogP contribution in [0, 0.1) is 0 Å². The molecule has 2 N–H and O–H groups in total. The van der Waals surface area contributed by atoms with Crippen LogP contribution >= 0.6 is 0 Å². The molecule has 7 nitrogen and oxygen atoms in total. The number of nitrogens with two attached hydrogens (primary N) is 1. The first-order chi connectivity index (χ1) is 12.2. The summed E-state index contributed by atoms with van der Waals surface area (Å²) in [7, 11) is 0. The van der Waals surface area contributed by atoms with E-state index in [2.05, 4.69) is 10.1 Å². The van der Waals surface area contributed by atoms with Crippen LogP contribution in [0.1, 0.15) is 6.92 Å². The molecule has 0 unspecified atom stereocenters. The molecule has 0 fully saturated rings. The van der Waals surface area contributed by atoms with Gasteiger partial charge in [-0.2, -0.15) is 4.98 Å². The SMILES string of the molecule is CCOc1ccccc1-c1nc(-c2ccc(OCC(N)=O)cc2)no1. The molecule has 2 aromatic carbocycles. The van der Waals surface area contributed by atoms with Crippen molar-refractivity contribution in [2.24, 2.45) is 5.73 Å². The molecule has 128 valence electrons. The Morgan fingerprint density at radius 3 is 2.60 bits per heavy atom. The average molecular weight is 339 g/mol. The highest BCUT2D eigenvalue weighted by atomic mass is 16.5. The van der Waals surface area contributed by atoms with Gasteiger partial charge in [-0.25, -0.2) is 0 Å². The second kappa shape index (κ2) is 7.48. The maximum atomic E-state index is 10.7. The van der Waals surface area contributed by atoms with Crippen LogP contribution in [0.3, 0.4) is 0 Å². The van der Waals surface area contributed by atoms with Crippen LogP contribution in [0.15, 0.2) is 53.1 Å². The van der Waals surface area contributed by atoms with Crippen LogP contribution in [-0.4, -0.2) is 29.3 Å². The Balaban J connectivity index is 1.81. The molecule has 0 saturated heterocycles. The molecule has 3 rings (SSSR count). The Bertz CT molecular complexity index is 859. The van der Waals surface area contributed by atoms with E-state index in [1.807, 2.05) is 31.2 Å². The van der Waals surface area contributed by atoms with Gasteiger partial charge in [0.15, 0.2) is 6.61 Å². The molecule has 7 heteroatoms. The lowest BCUT2D eigenvalue weighted by molar-refractivity contribution is -0.119. The van der Waals surface area contributed by atoms with E-state index in [1.165, 1.54) is 0 Å². The highest BCUT2D eigenvalue weighted by Crippen LogP contribution is 2.30. The number of para-hydroxylation sites is 1. The lowest BCUT2D eigenvalue weighted by Crippen LogP contribution is -2.19. The van der Waals surface area contributed by atoms with Crippen molar-refractivity contribution in [2.75, 3.05) is 13.2 Å². The van der Waals surface area contributed by atoms with Gasteiger partial charge in [-0.1, -0.05) is 17.3 Å². The predicted octanol–water partition coefficient (Wildman–Crippen LogP) is 2.67. The molecule has 0 aliphatic carbocycles. The third-order valence-corrected chi connectivity index (χ3v) is 3.34. The van der Waals surface area contributed by atoms with Crippen molar-refractivity contribution in [2.45, 2.75) is 6.92 Å². The Hall–Kier alpha value is -3.35. The summed E-state index contributed by atoms with van der Waals surface area (Å²) in [5.41, 5.74) is 6.55. The number of ether oxygens (including phenoxy) is 2. The first-order valence-corrected chi connectivity index (χ1v) is 7.75. The van der Waals surface area contributed by atoms with E-state index in [1.54, 1.807) is 24.3 Å². The van der Waals surface area contributed by atoms with Gasteiger partial charge >= 0.3 is 0 Å². The van der Waals surface area contributed by atoms with Gasteiger partial charge in [0.2, 0.25) is 5.82 Å². The number of primary amides is 1. The van der Waals surface area contributed by atoms with Crippen molar-refractivity contribution < 1.29 is 18.8 Å². The van der Waals surface area contributed by atoms with Crippen molar-refractivity contribution >= 4 is 5.91 Å². The van der Waals surface area contributed by atoms with Crippen molar-refractivity contribution in [3.8, 4) is 34.3 Å². The molecular formula is C18H17N3O4. The standard InChI is InChI=1S/C18H17N3O4/c1-2-23-15-6-4-3-5-14(15)18-20-17(21-25-18)12-7-9-13(10-8-12)24-11-16(19)22/h3-10H,2,11H2,1H3,(H2,19,22). The molecular weight excluding hydrogens is 322 g/mol. The number of carbonyl (C=O) groups is 1. The average Bonchev–Trinajstić information content (AvgIpc) is 3.11. The van der Waals surface area contributed by atoms with E-state index in [-0.39, 0.29) is 6.61 Å². The monoisotopic (exact) mass is 339 g/mol. The summed E-state index contributed by atoms with van der Waals surface area (Å²) < 4.78 is 16.2. The quantitative estimate of drug-likeness (QED) is 0.710. The first kappa shape index (κ1) is 16.5. The fourth-order valence-electron chi connectivity index (χ4n) is 2.23. The largest absolute Gasteiger partial charge is 0.493 e. The maximum absolute atomic E-state index is 10.7. The third kappa shape index (κ3) is 3.95. The predicted molar refractivity (Wildman–Crippen MR) is 91.0 cm³/mol. The Morgan fingerprint density at radius 2 is 1.88 bits per heavy atom. The molecule has 3 aromatic rings. The molecule has 1 aromatic heterocycles. The van der Waals surface area contributed by atoms with Crippen molar-refractivity contribution in [3.05, 3.63) is 48.5 Å². The second-order valence-corrected chi connectivity index (χ2v) is 5.13. The normalized spacial score (nSPS) is 10.4. The molecule has 0 saturated carbocycles. The van der Waals surface area contributed by atoms with Gasteiger partial charge in [0.1, 0.15) is 11.5 Å². The zero-order valence-corrected chi connectivity index (χ0v) is 13.6. The minimum atomic E-state index is -0.528. The number of aromatic nitrogens is 2. The molecule has 0 bridgehead atoms. The molecule has 25 heavy (non-hydrogen) atoms. The zero-order chi connectivity index (χ0) is 17.6. The topological polar surface area (TPSA) is 100 Å². The van der Waals surface area contributed by atoms with Crippen molar-refractivity contribution in [1.82, 2.24) is 10.1 Å². The number of carbonyl (C=O) groups excluding carboxylic acids is 1. The molecule has 1 heterocycles. The van der Waals surface area contributed by atoms with Crippen molar-refractivity contribution in [3.63, 3.8) is 0 Å².